The lowest BCUT2D eigenvalue weighted by atomic mass is 10.3. The maximum atomic E-state index is 12.0. The molecule has 4 heteroatoms. The predicted octanol–water partition coefficient (Wildman–Crippen LogP) is 2.34. The zero-order valence-corrected chi connectivity index (χ0v) is 11.3. The summed E-state index contributed by atoms with van der Waals surface area (Å²) in [7, 11) is 0. The molecule has 0 radical (unpaired) electrons. The summed E-state index contributed by atoms with van der Waals surface area (Å²) in [5.41, 5.74) is 0.625. The standard InChI is InChI=1S/C14H22N2O2/c1-3-8-16(9-4-2)14(18)7-11-15-10-5-6-13(15)12-17/h5-6,10,12H,3-4,7-9,11H2,1-2H3. The van der Waals surface area contributed by atoms with Gasteiger partial charge < -0.3 is 9.47 Å². The van der Waals surface area contributed by atoms with Gasteiger partial charge in [-0.25, -0.2) is 0 Å². The van der Waals surface area contributed by atoms with Crippen LogP contribution in [0.3, 0.4) is 0 Å². The second-order valence-corrected chi connectivity index (χ2v) is 4.38. The molecule has 0 saturated carbocycles. The molecule has 0 bridgehead atoms. The molecule has 18 heavy (non-hydrogen) atoms. The molecular formula is C14H22N2O2. The Morgan fingerprint density at radius 2 is 2.00 bits per heavy atom. The van der Waals surface area contributed by atoms with E-state index in [0.29, 0.717) is 18.7 Å². The van der Waals surface area contributed by atoms with Crippen LogP contribution >= 0.6 is 0 Å². The van der Waals surface area contributed by atoms with Gasteiger partial charge in [0.2, 0.25) is 5.91 Å². The number of aryl methyl sites for hydroxylation is 1. The average Bonchev–Trinajstić information content (AvgIpc) is 2.83. The SMILES string of the molecule is CCCN(CCC)C(=O)CCn1cccc1C=O. The Hall–Kier alpha value is -1.58. The minimum absolute atomic E-state index is 0.171. The average molecular weight is 250 g/mol. The van der Waals surface area contributed by atoms with Gasteiger partial charge in [0.25, 0.3) is 0 Å². The Morgan fingerprint density at radius 3 is 2.56 bits per heavy atom. The fourth-order valence-electron chi connectivity index (χ4n) is 2.01. The van der Waals surface area contributed by atoms with E-state index in [1.165, 1.54) is 0 Å². The third-order valence-electron chi connectivity index (χ3n) is 2.89. The summed E-state index contributed by atoms with van der Waals surface area (Å²) < 4.78 is 1.82. The second-order valence-electron chi connectivity index (χ2n) is 4.38. The quantitative estimate of drug-likeness (QED) is 0.665. The molecule has 0 saturated heterocycles. The number of hydrogen-bond acceptors (Lipinski definition) is 2. The number of aldehydes is 1. The highest BCUT2D eigenvalue weighted by Crippen LogP contribution is 2.04. The third-order valence-corrected chi connectivity index (χ3v) is 2.89. The third kappa shape index (κ3) is 4.02. The lowest BCUT2D eigenvalue weighted by Gasteiger charge is -2.21. The van der Waals surface area contributed by atoms with E-state index >= 15 is 0 Å². The van der Waals surface area contributed by atoms with Crippen LogP contribution in [0.25, 0.3) is 0 Å². The Morgan fingerprint density at radius 1 is 1.33 bits per heavy atom. The molecule has 0 spiro atoms. The van der Waals surface area contributed by atoms with Gasteiger partial charge >= 0.3 is 0 Å². The highest BCUT2D eigenvalue weighted by Gasteiger charge is 2.11. The van der Waals surface area contributed by atoms with Crippen LogP contribution in [-0.4, -0.2) is 34.7 Å². The first-order valence-corrected chi connectivity index (χ1v) is 6.61. The first-order chi connectivity index (χ1) is 8.72. The van der Waals surface area contributed by atoms with Crippen molar-refractivity contribution in [2.24, 2.45) is 0 Å². The molecule has 1 aromatic heterocycles. The molecule has 0 unspecified atom stereocenters. The van der Waals surface area contributed by atoms with Gasteiger partial charge in [-0.05, 0) is 25.0 Å². The molecule has 100 valence electrons. The van der Waals surface area contributed by atoms with Crippen LogP contribution in [0.4, 0.5) is 0 Å². The van der Waals surface area contributed by atoms with E-state index in [9.17, 15) is 9.59 Å². The topological polar surface area (TPSA) is 42.3 Å². The zero-order chi connectivity index (χ0) is 13.4. The van der Waals surface area contributed by atoms with Gasteiger partial charge in [-0.1, -0.05) is 13.8 Å². The van der Waals surface area contributed by atoms with Crippen LogP contribution in [0.1, 0.15) is 43.6 Å². The van der Waals surface area contributed by atoms with Gasteiger partial charge in [0.15, 0.2) is 6.29 Å². The van der Waals surface area contributed by atoms with E-state index in [1.54, 1.807) is 6.07 Å². The number of aromatic nitrogens is 1. The first kappa shape index (κ1) is 14.5. The molecule has 1 aromatic rings. The Balaban J connectivity index is 2.50. The predicted molar refractivity (Wildman–Crippen MR) is 71.6 cm³/mol. The van der Waals surface area contributed by atoms with E-state index in [4.69, 9.17) is 0 Å². The number of hydrogen-bond donors (Lipinski definition) is 0. The summed E-state index contributed by atoms with van der Waals surface area (Å²) in [4.78, 5) is 24.7. The van der Waals surface area contributed by atoms with Crippen molar-refractivity contribution in [3.05, 3.63) is 24.0 Å². The number of carbonyl (C=O) groups is 2. The fourth-order valence-corrected chi connectivity index (χ4v) is 2.01. The van der Waals surface area contributed by atoms with Crippen LogP contribution < -0.4 is 0 Å². The van der Waals surface area contributed by atoms with Crippen molar-refractivity contribution < 1.29 is 9.59 Å². The number of rotatable bonds is 8. The molecule has 1 heterocycles. The lowest BCUT2D eigenvalue weighted by Crippen LogP contribution is -2.33. The first-order valence-electron chi connectivity index (χ1n) is 6.61. The van der Waals surface area contributed by atoms with Gasteiger partial charge in [-0.2, -0.15) is 0 Å². The van der Waals surface area contributed by atoms with E-state index in [1.807, 2.05) is 21.7 Å². The molecule has 1 amide bonds. The molecule has 0 aliphatic heterocycles. The molecule has 0 aromatic carbocycles. The Kier molecular flexibility index (Phi) is 6.19. The molecular weight excluding hydrogens is 228 g/mol. The van der Waals surface area contributed by atoms with Crippen molar-refractivity contribution in [1.82, 2.24) is 9.47 Å². The summed E-state index contributed by atoms with van der Waals surface area (Å²) in [5.74, 6) is 0.171. The van der Waals surface area contributed by atoms with E-state index < -0.39 is 0 Å². The lowest BCUT2D eigenvalue weighted by molar-refractivity contribution is -0.131. The van der Waals surface area contributed by atoms with Gasteiger partial charge in [0, 0.05) is 32.3 Å². The van der Waals surface area contributed by atoms with Crippen LogP contribution in [0, 0.1) is 0 Å². The molecule has 0 fully saturated rings. The van der Waals surface area contributed by atoms with Crippen molar-refractivity contribution in [2.45, 2.75) is 39.7 Å². The van der Waals surface area contributed by atoms with Crippen LogP contribution in [0.15, 0.2) is 18.3 Å². The molecule has 0 aliphatic rings. The van der Waals surface area contributed by atoms with Crippen molar-refractivity contribution in [3.8, 4) is 0 Å². The smallest absolute Gasteiger partial charge is 0.224 e. The minimum atomic E-state index is 0.171. The summed E-state index contributed by atoms with van der Waals surface area (Å²) >= 11 is 0. The number of carbonyl (C=O) groups excluding carboxylic acids is 2. The van der Waals surface area contributed by atoms with Crippen molar-refractivity contribution >= 4 is 12.2 Å². The van der Waals surface area contributed by atoms with Crippen molar-refractivity contribution in [2.75, 3.05) is 13.1 Å². The highest BCUT2D eigenvalue weighted by molar-refractivity contribution is 5.76. The Labute approximate surface area is 109 Å². The van der Waals surface area contributed by atoms with E-state index in [0.717, 1.165) is 32.2 Å². The molecule has 0 atom stereocenters. The summed E-state index contributed by atoms with van der Waals surface area (Å²) in [5, 5.41) is 0. The van der Waals surface area contributed by atoms with Crippen molar-refractivity contribution in [3.63, 3.8) is 0 Å². The largest absolute Gasteiger partial charge is 0.345 e. The maximum absolute atomic E-state index is 12.0. The summed E-state index contributed by atoms with van der Waals surface area (Å²) in [6.07, 6.45) is 5.07. The van der Waals surface area contributed by atoms with Crippen molar-refractivity contribution in [1.29, 1.82) is 0 Å². The van der Waals surface area contributed by atoms with Gasteiger partial charge in [-0.3, -0.25) is 9.59 Å². The van der Waals surface area contributed by atoms with Gasteiger partial charge in [0.1, 0.15) is 0 Å². The number of amides is 1. The van der Waals surface area contributed by atoms with Crippen LogP contribution in [-0.2, 0) is 11.3 Å². The fraction of sp³-hybridized carbons (Fsp3) is 0.571. The van der Waals surface area contributed by atoms with Crippen LogP contribution in [0.5, 0.6) is 0 Å². The molecule has 1 rings (SSSR count). The zero-order valence-electron chi connectivity index (χ0n) is 11.3. The monoisotopic (exact) mass is 250 g/mol. The van der Waals surface area contributed by atoms with Gasteiger partial charge in [0.05, 0.1) is 5.69 Å². The van der Waals surface area contributed by atoms with Gasteiger partial charge in [-0.15, -0.1) is 0 Å². The number of nitrogens with zero attached hydrogens (tertiary/aromatic N) is 2. The van der Waals surface area contributed by atoms with E-state index in [-0.39, 0.29) is 5.91 Å². The molecule has 0 aliphatic carbocycles. The highest BCUT2D eigenvalue weighted by atomic mass is 16.2. The Bertz CT molecular complexity index is 379. The maximum Gasteiger partial charge on any atom is 0.224 e. The normalized spacial score (nSPS) is 10.3. The summed E-state index contributed by atoms with van der Waals surface area (Å²) in [6.45, 7) is 6.36. The minimum Gasteiger partial charge on any atom is -0.345 e. The summed E-state index contributed by atoms with van der Waals surface area (Å²) in [6, 6.07) is 3.58. The van der Waals surface area contributed by atoms with E-state index in [2.05, 4.69) is 13.8 Å². The van der Waals surface area contributed by atoms with Crippen LogP contribution in [0.2, 0.25) is 0 Å². The molecule has 4 nitrogen and oxygen atoms in total. The second kappa shape index (κ2) is 7.69. The molecule has 0 N–H and O–H groups in total.